The summed E-state index contributed by atoms with van der Waals surface area (Å²) < 4.78 is 12.5. The molecule has 0 radical (unpaired) electrons. The van der Waals surface area contributed by atoms with Crippen LogP contribution < -0.4 is 0 Å². The number of rotatable bonds is 4. The Balaban J connectivity index is 2.08. The molecule has 2 rings (SSSR count). The maximum absolute atomic E-state index is 12.0. The van der Waals surface area contributed by atoms with E-state index in [4.69, 9.17) is 23.2 Å². The highest BCUT2D eigenvalue weighted by molar-refractivity contribution is 7.85. The Bertz CT molecular complexity index is 590. The lowest BCUT2D eigenvalue weighted by Gasteiger charge is -2.00. The summed E-state index contributed by atoms with van der Waals surface area (Å²) in [6.07, 6.45) is 0. The van der Waals surface area contributed by atoms with Gasteiger partial charge in [-0.05, 0) is 36.4 Å². The van der Waals surface area contributed by atoms with Crippen LogP contribution in [0.15, 0.2) is 41.3 Å². The number of carbonyl (C=O) groups is 1. The van der Waals surface area contributed by atoms with Crippen molar-refractivity contribution in [2.24, 2.45) is 0 Å². The molecule has 1 unspecified atom stereocenters. The summed E-state index contributed by atoms with van der Waals surface area (Å²) in [7, 11) is -1.36. The highest BCUT2D eigenvalue weighted by Crippen LogP contribution is 2.22. The number of benzene rings is 1. The smallest absolute Gasteiger partial charge is 0.185 e. The summed E-state index contributed by atoms with van der Waals surface area (Å²) >= 11 is 12.7. The molecular weight excluding hydrogens is 311 g/mol. The van der Waals surface area contributed by atoms with Gasteiger partial charge in [-0.3, -0.25) is 9.00 Å². The quantitative estimate of drug-likeness (QED) is 0.797. The molecule has 2 aromatic rings. The van der Waals surface area contributed by atoms with Gasteiger partial charge in [0.05, 0.1) is 25.8 Å². The third kappa shape index (κ3) is 3.42. The molecular formula is C12H8Cl2O2S2. The van der Waals surface area contributed by atoms with Gasteiger partial charge in [0.2, 0.25) is 0 Å². The van der Waals surface area contributed by atoms with E-state index in [1.165, 1.54) is 11.3 Å². The van der Waals surface area contributed by atoms with Crippen LogP contribution in [-0.2, 0) is 10.8 Å². The first kappa shape index (κ1) is 13.7. The molecule has 0 amide bonds. The normalized spacial score (nSPS) is 12.3. The fraction of sp³-hybridized carbons (Fsp3) is 0.0833. The second kappa shape index (κ2) is 5.97. The van der Waals surface area contributed by atoms with Gasteiger partial charge in [0.1, 0.15) is 0 Å². The minimum absolute atomic E-state index is 0.0432. The lowest BCUT2D eigenvalue weighted by molar-refractivity contribution is 0.102. The second-order valence-corrected chi connectivity index (χ2v) is 7.07. The molecule has 0 saturated heterocycles. The molecule has 18 heavy (non-hydrogen) atoms. The van der Waals surface area contributed by atoms with Gasteiger partial charge in [0.15, 0.2) is 5.78 Å². The highest BCUT2D eigenvalue weighted by atomic mass is 35.5. The molecule has 1 atom stereocenters. The van der Waals surface area contributed by atoms with E-state index >= 15 is 0 Å². The summed E-state index contributed by atoms with van der Waals surface area (Å²) in [6.45, 7) is 0. The van der Waals surface area contributed by atoms with E-state index in [1.807, 2.05) is 0 Å². The number of Topliss-reactive ketones (excluding diaryl/α,β-unsaturated/α-hetero) is 1. The minimum atomic E-state index is -1.36. The molecule has 0 fully saturated rings. The van der Waals surface area contributed by atoms with Gasteiger partial charge in [-0.15, -0.1) is 11.3 Å². The number of carbonyl (C=O) groups excluding carboxylic acids is 1. The van der Waals surface area contributed by atoms with Crippen molar-refractivity contribution >= 4 is 51.1 Å². The van der Waals surface area contributed by atoms with Crippen molar-refractivity contribution in [1.29, 1.82) is 0 Å². The number of halogens is 2. The fourth-order valence-electron chi connectivity index (χ4n) is 1.32. The van der Waals surface area contributed by atoms with Crippen molar-refractivity contribution in [3.05, 3.63) is 50.6 Å². The number of hydrogen-bond donors (Lipinski definition) is 0. The van der Waals surface area contributed by atoms with Crippen LogP contribution in [0.1, 0.15) is 9.67 Å². The fourth-order valence-corrected chi connectivity index (χ4v) is 3.52. The predicted octanol–water partition coefficient (Wildman–Crippen LogP) is 4.05. The summed E-state index contributed by atoms with van der Waals surface area (Å²) in [5, 5.41) is 0.576. The minimum Gasteiger partial charge on any atom is -0.292 e. The number of ketones is 1. The number of thiophene rings is 1. The predicted molar refractivity (Wildman–Crippen MR) is 76.4 cm³/mol. The zero-order valence-electron chi connectivity index (χ0n) is 9.06. The van der Waals surface area contributed by atoms with E-state index in [9.17, 15) is 9.00 Å². The molecule has 6 heteroatoms. The first-order chi connectivity index (χ1) is 8.56. The van der Waals surface area contributed by atoms with Gasteiger partial charge in [-0.1, -0.05) is 23.2 Å². The Morgan fingerprint density at radius 3 is 2.33 bits per heavy atom. The van der Waals surface area contributed by atoms with Gasteiger partial charge in [0, 0.05) is 9.92 Å². The third-order valence-corrected chi connectivity index (χ3v) is 5.03. The van der Waals surface area contributed by atoms with Crippen molar-refractivity contribution in [3.8, 4) is 0 Å². The van der Waals surface area contributed by atoms with Gasteiger partial charge < -0.3 is 0 Å². The van der Waals surface area contributed by atoms with Crippen molar-refractivity contribution in [1.82, 2.24) is 0 Å². The van der Waals surface area contributed by atoms with E-state index in [2.05, 4.69) is 0 Å². The van der Waals surface area contributed by atoms with Crippen LogP contribution in [0, 0.1) is 0 Å². The van der Waals surface area contributed by atoms with Crippen molar-refractivity contribution in [2.45, 2.75) is 4.90 Å². The zero-order chi connectivity index (χ0) is 13.1. The van der Waals surface area contributed by atoms with Crippen LogP contribution >= 0.6 is 34.5 Å². The van der Waals surface area contributed by atoms with Crippen LogP contribution in [0.5, 0.6) is 0 Å². The van der Waals surface area contributed by atoms with Gasteiger partial charge in [-0.25, -0.2) is 0 Å². The first-order valence-corrected chi connectivity index (χ1v) is 7.88. The maximum atomic E-state index is 12.0. The lowest BCUT2D eigenvalue weighted by Crippen LogP contribution is -2.09. The summed E-state index contributed by atoms with van der Waals surface area (Å²) in [5.74, 6) is -0.210. The molecule has 94 valence electrons. The zero-order valence-corrected chi connectivity index (χ0v) is 12.2. The monoisotopic (exact) mass is 318 g/mol. The summed E-state index contributed by atoms with van der Waals surface area (Å²) in [5.41, 5.74) is 0. The van der Waals surface area contributed by atoms with Crippen LogP contribution in [0.25, 0.3) is 0 Å². The molecule has 1 heterocycles. The largest absolute Gasteiger partial charge is 0.292 e. The Kier molecular flexibility index (Phi) is 4.56. The van der Waals surface area contributed by atoms with Crippen molar-refractivity contribution < 1.29 is 9.00 Å². The molecule has 0 aliphatic carbocycles. The molecule has 0 spiro atoms. The topological polar surface area (TPSA) is 34.1 Å². The van der Waals surface area contributed by atoms with Crippen LogP contribution in [0.3, 0.4) is 0 Å². The molecule has 0 aliphatic rings. The molecule has 0 saturated carbocycles. The third-order valence-electron chi connectivity index (χ3n) is 2.19. The van der Waals surface area contributed by atoms with Gasteiger partial charge in [0.25, 0.3) is 0 Å². The molecule has 0 bridgehead atoms. The van der Waals surface area contributed by atoms with E-state index in [0.717, 1.165) is 0 Å². The summed E-state index contributed by atoms with van der Waals surface area (Å²) in [6, 6.07) is 9.93. The van der Waals surface area contributed by atoms with Gasteiger partial charge >= 0.3 is 0 Å². The Hall–Kier alpha value is -0.680. The first-order valence-electron chi connectivity index (χ1n) is 4.99. The van der Waals surface area contributed by atoms with Gasteiger partial charge in [-0.2, -0.15) is 0 Å². The Morgan fingerprint density at radius 2 is 1.78 bits per heavy atom. The molecule has 1 aromatic carbocycles. The van der Waals surface area contributed by atoms with E-state index in [0.29, 0.717) is 19.1 Å². The van der Waals surface area contributed by atoms with Crippen LogP contribution in [-0.4, -0.2) is 15.7 Å². The average Bonchev–Trinajstić information content (AvgIpc) is 2.76. The average molecular weight is 319 g/mol. The SMILES string of the molecule is O=C(CS(=O)c1ccc(Cl)cc1)c1ccc(Cl)s1. The molecule has 2 nitrogen and oxygen atoms in total. The summed E-state index contributed by atoms with van der Waals surface area (Å²) in [4.78, 5) is 13.0. The lowest BCUT2D eigenvalue weighted by atomic mass is 10.3. The van der Waals surface area contributed by atoms with E-state index < -0.39 is 10.8 Å². The maximum Gasteiger partial charge on any atom is 0.185 e. The molecule has 0 N–H and O–H groups in total. The molecule has 0 aliphatic heterocycles. The Labute approximate surface area is 121 Å². The van der Waals surface area contributed by atoms with Crippen molar-refractivity contribution in [3.63, 3.8) is 0 Å². The number of hydrogen-bond acceptors (Lipinski definition) is 3. The van der Waals surface area contributed by atoms with E-state index in [-0.39, 0.29) is 11.5 Å². The van der Waals surface area contributed by atoms with Crippen LogP contribution in [0.2, 0.25) is 9.36 Å². The van der Waals surface area contributed by atoms with Crippen LogP contribution in [0.4, 0.5) is 0 Å². The standard InChI is InChI=1S/C12H8Cl2O2S2/c13-8-1-3-9(4-2-8)18(16)7-10(15)11-5-6-12(14)17-11/h1-6H,7H2. The second-order valence-electron chi connectivity index (χ2n) is 3.47. The van der Waals surface area contributed by atoms with Crippen molar-refractivity contribution in [2.75, 3.05) is 5.75 Å². The Morgan fingerprint density at radius 1 is 1.11 bits per heavy atom. The highest BCUT2D eigenvalue weighted by Gasteiger charge is 2.14. The molecule has 1 aromatic heterocycles. The van der Waals surface area contributed by atoms with E-state index in [1.54, 1.807) is 36.4 Å².